The zero-order valence-corrected chi connectivity index (χ0v) is 14.8. The molecule has 0 aliphatic carbocycles. The summed E-state index contributed by atoms with van der Waals surface area (Å²) in [6, 6.07) is 10.3. The van der Waals surface area contributed by atoms with E-state index in [1.807, 2.05) is 0 Å². The third-order valence-electron chi connectivity index (χ3n) is 3.71. The molecule has 27 heavy (non-hydrogen) atoms. The van der Waals surface area contributed by atoms with Crippen molar-refractivity contribution in [2.45, 2.75) is 26.2 Å². The van der Waals surface area contributed by atoms with Crippen LogP contribution in [0.4, 0.5) is 11.4 Å². The lowest BCUT2D eigenvalue weighted by Crippen LogP contribution is -2.14. The van der Waals surface area contributed by atoms with Gasteiger partial charge in [0.2, 0.25) is 11.8 Å². The number of nitrogens with one attached hydrogen (secondary N) is 2. The normalized spacial score (nSPS) is 10.4. The van der Waals surface area contributed by atoms with Crippen LogP contribution >= 0.6 is 0 Å². The fourth-order valence-electron chi connectivity index (χ4n) is 2.45. The predicted octanol–water partition coefficient (Wildman–Crippen LogP) is 2.99. The van der Waals surface area contributed by atoms with Gasteiger partial charge in [-0.25, -0.2) is 0 Å². The van der Waals surface area contributed by atoms with Gasteiger partial charge in [0.1, 0.15) is 0 Å². The second kappa shape index (κ2) is 8.70. The summed E-state index contributed by atoms with van der Waals surface area (Å²) in [5, 5.41) is 9.33. The Kier molecular flexibility index (Phi) is 5.88. The third kappa shape index (κ3) is 5.46. The smallest absolute Gasteiger partial charge is 0.255 e. The van der Waals surface area contributed by atoms with Gasteiger partial charge in [-0.2, -0.15) is 4.98 Å². The molecular weight excluding hydrogens is 346 g/mol. The van der Waals surface area contributed by atoms with Gasteiger partial charge in [-0.15, -0.1) is 0 Å². The number of amides is 2. The van der Waals surface area contributed by atoms with Crippen molar-refractivity contribution >= 4 is 23.2 Å². The molecule has 2 N–H and O–H groups in total. The van der Waals surface area contributed by atoms with E-state index >= 15 is 0 Å². The number of aromatic nitrogens is 3. The van der Waals surface area contributed by atoms with E-state index in [2.05, 4.69) is 25.8 Å². The number of carbonyl (C=O) groups excluding carboxylic acids is 2. The Hall–Kier alpha value is -3.55. The third-order valence-corrected chi connectivity index (χ3v) is 3.71. The molecule has 0 saturated heterocycles. The van der Waals surface area contributed by atoms with E-state index in [0.717, 1.165) is 0 Å². The summed E-state index contributed by atoms with van der Waals surface area (Å²) in [4.78, 5) is 32.3. The van der Waals surface area contributed by atoms with Crippen molar-refractivity contribution in [2.24, 2.45) is 0 Å². The summed E-state index contributed by atoms with van der Waals surface area (Å²) in [5.74, 6) is 0.751. The van der Waals surface area contributed by atoms with Crippen molar-refractivity contribution < 1.29 is 14.1 Å². The van der Waals surface area contributed by atoms with Crippen molar-refractivity contribution in [1.82, 2.24) is 15.1 Å². The van der Waals surface area contributed by atoms with Gasteiger partial charge < -0.3 is 15.2 Å². The SMILES string of the molecule is Cc1noc(CCCC(=O)Nc2cccc(NC(=O)c3ccncc3)c2)n1. The molecule has 3 aromatic rings. The maximum Gasteiger partial charge on any atom is 0.255 e. The standard InChI is InChI=1S/C19H19N5O3/c1-13-21-18(27-24-13)7-3-6-17(25)22-15-4-2-5-16(12-15)23-19(26)14-8-10-20-11-9-14/h2,4-5,8-12H,3,6-7H2,1H3,(H,22,25)(H,23,26). The molecule has 138 valence electrons. The Labute approximate surface area is 156 Å². The summed E-state index contributed by atoms with van der Waals surface area (Å²) < 4.78 is 5.02. The average Bonchev–Trinajstić information content (AvgIpc) is 3.08. The highest BCUT2D eigenvalue weighted by atomic mass is 16.5. The molecule has 8 heteroatoms. The van der Waals surface area contributed by atoms with E-state index in [-0.39, 0.29) is 11.8 Å². The molecule has 2 heterocycles. The highest BCUT2D eigenvalue weighted by Crippen LogP contribution is 2.16. The summed E-state index contributed by atoms with van der Waals surface area (Å²) in [6.45, 7) is 1.75. The highest BCUT2D eigenvalue weighted by Gasteiger charge is 2.08. The van der Waals surface area contributed by atoms with Gasteiger partial charge in [0.25, 0.3) is 5.91 Å². The summed E-state index contributed by atoms with van der Waals surface area (Å²) in [6.07, 6.45) is 4.60. The van der Waals surface area contributed by atoms with Crippen molar-refractivity contribution in [3.05, 3.63) is 66.1 Å². The van der Waals surface area contributed by atoms with Crippen LogP contribution in [-0.2, 0) is 11.2 Å². The number of nitrogens with zero attached hydrogens (tertiary/aromatic N) is 3. The number of aryl methyl sites for hydroxylation is 2. The minimum atomic E-state index is -0.240. The number of anilines is 2. The van der Waals surface area contributed by atoms with Crippen LogP contribution in [0.3, 0.4) is 0 Å². The van der Waals surface area contributed by atoms with Gasteiger partial charge in [-0.05, 0) is 43.7 Å². The van der Waals surface area contributed by atoms with Gasteiger partial charge in [-0.3, -0.25) is 14.6 Å². The summed E-state index contributed by atoms with van der Waals surface area (Å²) >= 11 is 0. The van der Waals surface area contributed by atoms with E-state index in [9.17, 15) is 9.59 Å². The molecule has 2 aromatic heterocycles. The molecule has 0 bridgehead atoms. The van der Waals surface area contributed by atoms with Crippen molar-refractivity contribution in [3.8, 4) is 0 Å². The van der Waals surface area contributed by atoms with Crippen molar-refractivity contribution in [3.63, 3.8) is 0 Å². The first-order valence-electron chi connectivity index (χ1n) is 8.50. The van der Waals surface area contributed by atoms with E-state index in [0.29, 0.717) is 47.9 Å². The maximum atomic E-state index is 12.2. The lowest BCUT2D eigenvalue weighted by molar-refractivity contribution is -0.116. The zero-order chi connectivity index (χ0) is 19.1. The number of hydrogen-bond acceptors (Lipinski definition) is 6. The fraction of sp³-hybridized carbons (Fsp3) is 0.211. The molecule has 2 amide bonds. The van der Waals surface area contributed by atoms with E-state index in [4.69, 9.17) is 4.52 Å². The van der Waals surface area contributed by atoms with E-state index in [1.165, 1.54) is 0 Å². The molecule has 0 fully saturated rings. The van der Waals surface area contributed by atoms with Gasteiger partial charge in [-0.1, -0.05) is 11.2 Å². The fourth-order valence-corrected chi connectivity index (χ4v) is 2.45. The lowest BCUT2D eigenvalue weighted by atomic mass is 10.2. The molecule has 0 aliphatic heterocycles. The van der Waals surface area contributed by atoms with Crippen molar-refractivity contribution in [1.29, 1.82) is 0 Å². The Balaban J connectivity index is 1.50. The molecule has 0 radical (unpaired) electrons. The Morgan fingerprint density at radius 3 is 2.52 bits per heavy atom. The number of rotatable bonds is 7. The molecule has 1 aromatic carbocycles. The van der Waals surface area contributed by atoms with Crippen LogP contribution in [-0.4, -0.2) is 26.9 Å². The van der Waals surface area contributed by atoms with E-state index in [1.54, 1.807) is 55.7 Å². The number of pyridine rings is 1. The number of benzene rings is 1. The minimum absolute atomic E-state index is 0.121. The van der Waals surface area contributed by atoms with Crippen molar-refractivity contribution in [2.75, 3.05) is 10.6 Å². The molecule has 3 rings (SSSR count). The monoisotopic (exact) mass is 365 g/mol. The molecule has 0 spiro atoms. The number of carbonyl (C=O) groups is 2. The quantitative estimate of drug-likeness (QED) is 0.666. The zero-order valence-electron chi connectivity index (χ0n) is 14.8. The van der Waals surface area contributed by atoms with E-state index < -0.39 is 0 Å². The van der Waals surface area contributed by atoms with Crippen LogP contribution in [0.2, 0.25) is 0 Å². The molecule has 0 aliphatic rings. The Bertz CT molecular complexity index is 924. The average molecular weight is 365 g/mol. The molecule has 0 unspecified atom stereocenters. The lowest BCUT2D eigenvalue weighted by Gasteiger charge is -2.09. The maximum absolute atomic E-state index is 12.2. The second-order valence-corrected chi connectivity index (χ2v) is 5.91. The summed E-state index contributed by atoms with van der Waals surface area (Å²) in [7, 11) is 0. The molecule has 8 nitrogen and oxygen atoms in total. The Morgan fingerprint density at radius 2 is 1.81 bits per heavy atom. The minimum Gasteiger partial charge on any atom is -0.339 e. The van der Waals surface area contributed by atoms with Gasteiger partial charge in [0, 0.05) is 42.2 Å². The van der Waals surface area contributed by atoms with Crippen LogP contribution in [0.1, 0.15) is 34.9 Å². The van der Waals surface area contributed by atoms with Crippen LogP contribution in [0.25, 0.3) is 0 Å². The number of hydrogen-bond donors (Lipinski definition) is 2. The largest absolute Gasteiger partial charge is 0.339 e. The molecular formula is C19H19N5O3. The molecule has 0 atom stereocenters. The molecule has 0 saturated carbocycles. The second-order valence-electron chi connectivity index (χ2n) is 5.91. The van der Waals surface area contributed by atoms with Crippen LogP contribution in [0.15, 0.2) is 53.3 Å². The van der Waals surface area contributed by atoms with Gasteiger partial charge >= 0.3 is 0 Å². The first kappa shape index (κ1) is 18.2. The first-order valence-corrected chi connectivity index (χ1v) is 8.50. The van der Waals surface area contributed by atoms with Gasteiger partial charge in [0.15, 0.2) is 5.82 Å². The topological polar surface area (TPSA) is 110 Å². The van der Waals surface area contributed by atoms with Gasteiger partial charge in [0.05, 0.1) is 0 Å². The van der Waals surface area contributed by atoms with Crippen LogP contribution in [0, 0.1) is 6.92 Å². The Morgan fingerprint density at radius 1 is 1.07 bits per heavy atom. The van der Waals surface area contributed by atoms with Crippen LogP contribution < -0.4 is 10.6 Å². The predicted molar refractivity (Wildman–Crippen MR) is 99.2 cm³/mol. The highest BCUT2D eigenvalue weighted by molar-refractivity contribution is 6.04. The first-order chi connectivity index (χ1) is 13.1. The van der Waals surface area contributed by atoms with Crippen LogP contribution in [0.5, 0.6) is 0 Å². The summed E-state index contributed by atoms with van der Waals surface area (Å²) in [5.41, 5.74) is 1.72.